The van der Waals surface area contributed by atoms with Crippen LogP contribution in [0.4, 0.5) is 0 Å². The third-order valence-corrected chi connectivity index (χ3v) is 4.83. The Labute approximate surface area is 170 Å². The van der Waals surface area contributed by atoms with Gasteiger partial charge in [-0.1, -0.05) is 68.9 Å². The van der Waals surface area contributed by atoms with Crippen LogP contribution < -0.4 is 16.7 Å². The Hall–Kier alpha value is -2.52. The lowest BCUT2D eigenvalue weighted by molar-refractivity contribution is -0.158. The molecule has 2 amide bonds. The number of rotatable bonds is 9. The number of benzene rings is 2. The second kappa shape index (κ2) is 9.80. The van der Waals surface area contributed by atoms with Crippen LogP contribution in [-0.2, 0) is 20.8 Å². The summed E-state index contributed by atoms with van der Waals surface area (Å²) in [6, 6.07) is 12.7. The molecule has 0 bridgehead atoms. The third-order valence-electron chi connectivity index (χ3n) is 4.83. The van der Waals surface area contributed by atoms with Crippen molar-refractivity contribution >= 4 is 22.6 Å². The quantitative estimate of drug-likeness (QED) is 0.401. The van der Waals surface area contributed by atoms with Crippen LogP contribution in [0.5, 0.6) is 0 Å². The Morgan fingerprint density at radius 2 is 1.79 bits per heavy atom. The van der Waals surface area contributed by atoms with Crippen LogP contribution in [0.1, 0.15) is 26.3 Å². The SMILES string of the molecule is CC(C)(C)[C@H](NC(=O)[C@H](Cc1ccc2ccccc2c1)C(O)CONO)C(N)=O. The molecule has 0 fully saturated rings. The van der Waals surface area contributed by atoms with Gasteiger partial charge in [0.05, 0.1) is 18.6 Å². The molecule has 0 aliphatic rings. The first-order valence-electron chi connectivity index (χ1n) is 9.39. The average molecular weight is 403 g/mol. The molecule has 1 unspecified atom stereocenters. The molecule has 3 atom stereocenters. The first kappa shape index (κ1) is 22.8. The molecule has 2 aromatic rings. The van der Waals surface area contributed by atoms with E-state index in [9.17, 15) is 14.7 Å². The summed E-state index contributed by atoms with van der Waals surface area (Å²) in [5, 5.41) is 23.8. The number of nitrogens with two attached hydrogens (primary N) is 1. The Bertz CT molecular complexity index is 850. The summed E-state index contributed by atoms with van der Waals surface area (Å²) >= 11 is 0. The number of hydrogen-bond donors (Lipinski definition) is 5. The van der Waals surface area contributed by atoms with Gasteiger partial charge in [-0.15, -0.1) is 0 Å². The molecular weight excluding hydrogens is 374 g/mol. The van der Waals surface area contributed by atoms with Gasteiger partial charge in [-0.25, -0.2) is 0 Å². The van der Waals surface area contributed by atoms with Crippen LogP contribution >= 0.6 is 0 Å². The van der Waals surface area contributed by atoms with Gasteiger partial charge in [0, 0.05) is 0 Å². The van der Waals surface area contributed by atoms with Crippen molar-refractivity contribution in [1.82, 2.24) is 11.0 Å². The molecule has 6 N–H and O–H groups in total. The summed E-state index contributed by atoms with van der Waals surface area (Å²) in [7, 11) is 0. The van der Waals surface area contributed by atoms with Crippen molar-refractivity contribution in [1.29, 1.82) is 0 Å². The molecule has 0 saturated carbocycles. The van der Waals surface area contributed by atoms with E-state index in [2.05, 4.69) is 10.2 Å². The number of hydrogen-bond acceptors (Lipinski definition) is 6. The first-order chi connectivity index (χ1) is 13.6. The average Bonchev–Trinajstić information content (AvgIpc) is 2.66. The molecule has 0 heterocycles. The number of carbonyl (C=O) groups is 2. The summed E-state index contributed by atoms with van der Waals surface area (Å²) in [5.74, 6) is -2.10. The zero-order valence-corrected chi connectivity index (χ0v) is 16.9. The van der Waals surface area contributed by atoms with Crippen LogP contribution in [0.25, 0.3) is 10.8 Å². The highest BCUT2D eigenvalue weighted by Gasteiger charge is 2.35. The van der Waals surface area contributed by atoms with Gasteiger partial charge >= 0.3 is 0 Å². The maximum absolute atomic E-state index is 13.0. The van der Waals surface area contributed by atoms with Gasteiger partial charge < -0.3 is 16.2 Å². The summed E-state index contributed by atoms with van der Waals surface area (Å²) in [6.45, 7) is 5.04. The minimum atomic E-state index is -1.23. The molecule has 158 valence electrons. The van der Waals surface area contributed by atoms with Crippen LogP contribution in [0.15, 0.2) is 42.5 Å². The van der Waals surface area contributed by atoms with Crippen LogP contribution in [0, 0.1) is 11.3 Å². The molecular formula is C21H29N3O5. The Balaban J connectivity index is 2.27. The fourth-order valence-electron chi connectivity index (χ4n) is 3.23. The van der Waals surface area contributed by atoms with E-state index in [0.717, 1.165) is 16.3 Å². The zero-order valence-electron chi connectivity index (χ0n) is 16.9. The van der Waals surface area contributed by atoms with E-state index in [1.807, 2.05) is 42.5 Å². The monoisotopic (exact) mass is 403 g/mol. The number of amides is 2. The number of carbonyl (C=O) groups excluding carboxylic acids is 2. The van der Waals surface area contributed by atoms with Crippen molar-refractivity contribution in [2.75, 3.05) is 6.61 Å². The predicted octanol–water partition coefficient (Wildman–Crippen LogP) is 1.29. The number of primary amides is 1. The maximum Gasteiger partial charge on any atom is 0.240 e. The van der Waals surface area contributed by atoms with Gasteiger partial charge in [0.25, 0.3) is 0 Å². The maximum atomic E-state index is 13.0. The van der Waals surface area contributed by atoms with Crippen molar-refractivity contribution < 1.29 is 24.7 Å². The van der Waals surface area contributed by atoms with E-state index < -0.39 is 35.3 Å². The Morgan fingerprint density at radius 3 is 2.38 bits per heavy atom. The van der Waals surface area contributed by atoms with Crippen LogP contribution in [0.3, 0.4) is 0 Å². The van der Waals surface area contributed by atoms with Gasteiger partial charge in [-0.3, -0.25) is 19.6 Å². The standard InChI is InChI=1S/C21H29N3O5/c1-21(2,3)18(19(22)26)23-20(27)16(17(25)12-29-24-28)11-13-8-9-14-6-4-5-7-15(14)10-13/h4-10,16-18,24-25,28H,11-12H2,1-3H3,(H2,22,26)(H,23,27)/t16-,17?,18-/m1/s1. The molecule has 2 rings (SSSR count). The van der Waals surface area contributed by atoms with Crippen LogP contribution in [0.2, 0.25) is 0 Å². The topological polar surface area (TPSA) is 134 Å². The third kappa shape index (κ3) is 6.23. The number of aliphatic hydroxyl groups is 1. The highest BCUT2D eigenvalue weighted by atomic mass is 16.8. The Morgan fingerprint density at radius 1 is 1.14 bits per heavy atom. The molecule has 0 aliphatic heterocycles. The highest BCUT2D eigenvalue weighted by Crippen LogP contribution is 2.22. The number of aliphatic hydroxyl groups excluding tert-OH is 1. The van der Waals surface area contributed by atoms with E-state index in [1.54, 1.807) is 20.8 Å². The van der Waals surface area contributed by atoms with Crippen molar-refractivity contribution in [2.24, 2.45) is 17.1 Å². The lowest BCUT2D eigenvalue weighted by Gasteiger charge is -2.31. The summed E-state index contributed by atoms with van der Waals surface area (Å²) in [6.07, 6.45) is -1.02. The molecule has 0 saturated heterocycles. The molecule has 8 nitrogen and oxygen atoms in total. The van der Waals surface area contributed by atoms with Crippen LogP contribution in [-0.4, -0.2) is 40.9 Å². The largest absolute Gasteiger partial charge is 0.390 e. The minimum Gasteiger partial charge on any atom is -0.390 e. The molecule has 0 radical (unpaired) electrons. The van der Waals surface area contributed by atoms with Gasteiger partial charge in [0.1, 0.15) is 6.04 Å². The number of nitrogens with one attached hydrogen (secondary N) is 2. The predicted molar refractivity (Wildman–Crippen MR) is 109 cm³/mol. The van der Waals surface area contributed by atoms with Crippen molar-refractivity contribution in [3.63, 3.8) is 0 Å². The van der Waals surface area contributed by atoms with E-state index in [4.69, 9.17) is 10.9 Å². The lowest BCUT2D eigenvalue weighted by Crippen LogP contribution is -2.55. The van der Waals surface area contributed by atoms with Gasteiger partial charge in [-0.2, -0.15) is 0 Å². The van der Waals surface area contributed by atoms with Gasteiger partial charge in [-0.05, 0) is 28.2 Å². The summed E-state index contributed by atoms with van der Waals surface area (Å²) in [4.78, 5) is 29.4. The summed E-state index contributed by atoms with van der Waals surface area (Å²) in [5.41, 5.74) is 7.20. The molecule has 0 spiro atoms. The fourth-order valence-corrected chi connectivity index (χ4v) is 3.23. The van der Waals surface area contributed by atoms with Crippen molar-refractivity contribution in [3.8, 4) is 0 Å². The van der Waals surface area contributed by atoms with E-state index in [0.29, 0.717) is 0 Å². The van der Waals surface area contributed by atoms with E-state index in [-0.39, 0.29) is 13.0 Å². The van der Waals surface area contributed by atoms with Gasteiger partial charge in [0.2, 0.25) is 11.8 Å². The van der Waals surface area contributed by atoms with Gasteiger partial charge in [0.15, 0.2) is 0 Å². The van der Waals surface area contributed by atoms with Crippen molar-refractivity contribution in [2.45, 2.75) is 39.3 Å². The molecule has 8 heteroatoms. The molecule has 0 aromatic heterocycles. The second-order valence-corrected chi connectivity index (χ2v) is 8.17. The fraction of sp³-hybridized carbons (Fsp3) is 0.429. The smallest absolute Gasteiger partial charge is 0.240 e. The first-order valence-corrected chi connectivity index (χ1v) is 9.39. The minimum absolute atomic E-state index is 0.211. The number of fused-ring (bicyclic) bond motifs is 1. The highest BCUT2D eigenvalue weighted by molar-refractivity contribution is 5.89. The van der Waals surface area contributed by atoms with E-state index >= 15 is 0 Å². The Kier molecular flexibility index (Phi) is 7.69. The molecule has 29 heavy (non-hydrogen) atoms. The van der Waals surface area contributed by atoms with E-state index in [1.165, 1.54) is 5.64 Å². The molecule has 2 aromatic carbocycles. The summed E-state index contributed by atoms with van der Waals surface area (Å²) < 4.78 is 0. The normalized spacial score (nSPS) is 14.9. The zero-order chi connectivity index (χ0) is 21.6. The molecule has 0 aliphatic carbocycles. The lowest BCUT2D eigenvalue weighted by atomic mass is 9.85. The van der Waals surface area contributed by atoms with Crippen molar-refractivity contribution in [3.05, 3.63) is 48.0 Å². The second-order valence-electron chi connectivity index (χ2n) is 8.17.